The molecule has 0 spiro atoms. The molecule has 0 N–H and O–H groups in total. The number of aryl methyl sites for hydroxylation is 3. The van der Waals surface area contributed by atoms with Crippen LogP contribution in [-0.4, -0.2) is 4.57 Å². The van der Waals surface area contributed by atoms with Gasteiger partial charge in [-0.25, -0.2) is 0 Å². The Morgan fingerprint density at radius 2 is 1.44 bits per heavy atom. The zero-order chi connectivity index (χ0) is 13.8. The first kappa shape index (κ1) is 13.2. The van der Waals surface area contributed by atoms with Gasteiger partial charge in [0.15, 0.2) is 0 Å². The molecule has 0 atom stereocenters. The number of hydrogen-bond acceptors (Lipinski definition) is 0. The third kappa shape index (κ3) is 1.68. The Balaban J connectivity index is 3.11. The van der Waals surface area contributed by atoms with Crippen molar-refractivity contribution in [3.05, 3.63) is 34.0 Å². The molecule has 18 heavy (non-hydrogen) atoms. The number of benzene rings is 1. The summed E-state index contributed by atoms with van der Waals surface area (Å²) in [5.74, 6) is 0. The molecule has 2 rings (SSSR count). The standard InChI is InChI=1S/C17H25N/c1-10-9-18(8)16-14(10)12(3)11(2)13(4)15(16)17(5,6)7/h9H,1-8H3. The number of nitrogens with zero attached hydrogens (tertiary/aromatic N) is 1. The molecule has 0 fully saturated rings. The lowest BCUT2D eigenvalue weighted by molar-refractivity contribution is 0.588. The lowest BCUT2D eigenvalue weighted by Crippen LogP contribution is -2.16. The molecule has 0 saturated carbocycles. The molecule has 98 valence electrons. The molecule has 1 nitrogen and oxygen atoms in total. The maximum absolute atomic E-state index is 2.31. The maximum atomic E-state index is 2.31. The van der Waals surface area contributed by atoms with Crippen LogP contribution >= 0.6 is 0 Å². The Hall–Kier alpha value is -1.24. The normalized spacial score (nSPS) is 12.4. The van der Waals surface area contributed by atoms with Crippen LogP contribution in [0.1, 0.15) is 48.6 Å². The lowest BCUT2D eigenvalue weighted by Gasteiger charge is -2.26. The molecule has 1 heteroatoms. The molecular formula is C17H25N. The van der Waals surface area contributed by atoms with E-state index in [0.717, 1.165) is 0 Å². The Labute approximate surface area is 111 Å². The molecule has 1 heterocycles. The van der Waals surface area contributed by atoms with Crippen molar-refractivity contribution in [1.82, 2.24) is 4.57 Å². The average molecular weight is 243 g/mol. The van der Waals surface area contributed by atoms with Crippen molar-refractivity contribution >= 4 is 10.9 Å². The predicted molar refractivity (Wildman–Crippen MR) is 80.6 cm³/mol. The van der Waals surface area contributed by atoms with Crippen LogP contribution in [-0.2, 0) is 12.5 Å². The molecule has 2 aromatic rings. The van der Waals surface area contributed by atoms with Gasteiger partial charge in [0.1, 0.15) is 0 Å². The van der Waals surface area contributed by atoms with Crippen LogP contribution in [0.2, 0.25) is 0 Å². The van der Waals surface area contributed by atoms with Gasteiger partial charge in [0, 0.05) is 18.6 Å². The molecule has 1 aromatic carbocycles. The van der Waals surface area contributed by atoms with E-state index in [1.54, 1.807) is 0 Å². The van der Waals surface area contributed by atoms with Crippen molar-refractivity contribution in [1.29, 1.82) is 0 Å². The van der Waals surface area contributed by atoms with E-state index < -0.39 is 0 Å². The Morgan fingerprint density at radius 1 is 0.889 bits per heavy atom. The van der Waals surface area contributed by atoms with Crippen molar-refractivity contribution in [2.75, 3.05) is 0 Å². The first-order valence-corrected chi connectivity index (χ1v) is 6.72. The van der Waals surface area contributed by atoms with E-state index in [1.165, 1.54) is 38.7 Å². The topological polar surface area (TPSA) is 4.93 Å². The van der Waals surface area contributed by atoms with Crippen LogP contribution < -0.4 is 0 Å². The highest BCUT2D eigenvalue weighted by molar-refractivity contribution is 5.92. The molecule has 0 unspecified atom stereocenters. The molecule has 0 aliphatic heterocycles. The molecular weight excluding hydrogens is 218 g/mol. The van der Waals surface area contributed by atoms with Crippen molar-refractivity contribution in [2.24, 2.45) is 7.05 Å². The Bertz CT molecular complexity index is 622. The van der Waals surface area contributed by atoms with Gasteiger partial charge in [-0.05, 0) is 60.9 Å². The highest BCUT2D eigenvalue weighted by Crippen LogP contribution is 2.38. The molecule has 0 amide bonds. The van der Waals surface area contributed by atoms with E-state index in [0.29, 0.717) is 0 Å². The van der Waals surface area contributed by atoms with Gasteiger partial charge in [-0.3, -0.25) is 0 Å². The Morgan fingerprint density at radius 3 is 1.94 bits per heavy atom. The van der Waals surface area contributed by atoms with E-state index >= 15 is 0 Å². The van der Waals surface area contributed by atoms with E-state index in [-0.39, 0.29) is 5.41 Å². The van der Waals surface area contributed by atoms with Crippen molar-refractivity contribution in [3.63, 3.8) is 0 Å². The lowest BCUT2D eigenvalue weighted by atomic mass is 9.79. The van der Waals surface area contributed by atoms with Crippen molar-refractivity contribution in [2.45, 2.75) is 53.9 Å². The van der Waals surface area contributed by atoms with E-state index in [4.69, 9.17) is 0 Å². The van der Waals surface area contributed by atoms with Gasteiger partial charge >= 0.3 is 0 Å². The molecule has 0 saturated heterocycles. The fraction of sp³-hybridized carbons (Fsp3) is 0.529. The highest BCUT2D eigenvalue weighted by atomic mass is 14.9. The van der Waals surface area contributed by atoms with Gasteiger partial charge in [-0.15, -0.1) is 0 Å². The zero-order valence-electron chi connectivity index (χ0n) is 13.0. The fourth-order valence-electron chi connectivity index (χ4n) is 3.31. The minimum Gasteiger partial charge on any atom is -0.350 e. The van der Waals surface area contributed by atoms with Crippen LogP contribution in [0.3, 0.4) is 0 Å². The first-order chi connectivity index (χ1) is 8.16. The SMILES string of the molecule is Cc1c(C)c(C(C)(C)C)c2c(c(C)cn2C)c1C. The van der Waals surface area contributed by atoms with Crippen LogP contribution in [0.15, 0.2) is 6.20 Å². The van der Waals surface area contributed by atoms with Gasteiger partial charge in [-0.2, -0.15) is 0 Å². The van der Waals surface area contributed by atoms with Gasteiger partial charge in [0.2, 0.25) is 0 Å². The molecule has 1 aromatic heterocycles. The predicted octanol–water partition coefficient (Wildman–Crippen LogP) is 4.71. The van der Waals surface area contributed by atoms with Crippen molar-refractivity contribution < 1.29 is 0 Å². The maximum Gasteiger partial charge on any atom is 0.0523 e. The van der Waals surface area contributed by atoms with Crippen LogP contribution in [0.4, 0.5) is 0 Å². The second-order valence-electron chi connectivity index (χ2n) is 6.65. The monoisotopic (exact) mass is 243 g/mol. The number of rotatable bonds is 0. The van der Waals surface area contributed by atoms with Gasteiger partial charge in [0.25, 0.3) is 0 Å². The summed E-state index contributed by atoms with van der Waals surface area (Å²) in [5, 5.41) is 1.45. The highest BCUT2D eigenvalue weighted by Gasteiger charge is 2.24. The molecule has 0 aliphatic carbocycles. The van der Waals surface area contributed by atoms with Crippen LogP contribution in [0.25, 0.3) is 10.9 Å². The Kier molecular flexibility index (Phi) is 2.84. The van der Waals surface area contributed by atoms with Crippen molar-refractivity contribution in [3.8, 4) is 0 Å². The summed E-state index contributed by atoms with van der Waals surface area (Å²) >= 11 is 0. The number of fused-ring (bicyclic) bond motifs is 1. The molecule has 0 radical (unpaired) electrons. The van der Waals surface area contributed by atoms with Gasteiger partial charge in [-0.1, -0.05) is 20.8 Å². The quantitative estimate of drug-likeness (QED) is 0.631. The average Bonchev–Trinajstić information content (AvgIpc) is 2.49. The van der Waals surface area contributed by atoms with E-state index in [2.05, 4.69) is 66.3 Å². The minimum absolute atomic E-state index is 0.180. The number of aromatic nitrogens is 1. The largest absolute Gasteiger partial charge is 0.350 e. The minimum atomic E-state index is 0.180. The number of hydrogen-bond donors (Lipinski definition) is 0. The second kappa shape index (κ2) is 3.88. The molecule has 0 bridgehead atoms. The van der Waals surface area contributed by atoms with E-state index in [9.17, 15) is 0 Å². The summed E-state index contributed by atoms with van der Waals surface area (Å²) < 4.78 is 2.30. The second-order valence-corrected chi connectivity index (χ2v) is 6.65. The third-order valence-electron chi connectivity index (χ3n) is 4.23. The summed E-state index contributed by atoms with van der Waals surface area (Å²) in [6.45, 7) is 15.9. The summed E-state index contributed by atoms with van der Waals surface area (Å²) in [6.07, 6.45) is 2.26. The summed E-state index contributed by atoms with van der Waals surface area (Å²) in [4.78, 5) is 0. The van der Waals surface area contributed by atoms with Gasteiger partial charge in [0.05, 0.1) is 5.52 Å². The van der Waals surface area contributed by atoms with E-state index in [1.807, 2.05) is 0 Å². The van der Waals surface area contributed by atoms with Crippen LogP contribution in [0.5, 0.6) is 0 Å². The zero-order valence-corrected chi connectivity index (χ0v) is 13.0. The molecule has 0 aliphatic rings. The fourth-order valence-corrected chi connectivity index (χ4v) is 3.31. The van der Waals surface area contributed by atoms with Gasteiger partial charge < -0.3 is 4.57 Å². The van der Waals surface area contributed by atoms with Crippen LogP contribution in [0, 0.1) is 27.7 Å². The first-order valence-electron chi connectivity index (χ1n) is 6.72. The summed E-state index contributed by atoms with van der Waals surface area (Å²) in [5.41, 5.74) is 8.82. The third-order valence-corrected chi connectivity index (χ3v) is 4.23. The summed E-state index contributed by atoms with van der Waals surface area (Å²) in [6, 6.07) is 0. The summed E-state index contributed by atoms with van der Waals surface area (Å²) in [7, 11) is 2.17. The smallest absolute Gasteiger partial charge is 0.0523 e.